The third kappa shape index (κ3) is 3.09. The first kappa shape index (κ1) is 14.5. The van der Waals surface area contributed by atoms with Crippen molar-refractivity contribution in [3.05, 3.63) is 24.0 Å². The third-order valence-electron chi connectivity index (χ3n) is 3.58. The van der Waals surface area contributed by atoms with Crippen LogP contribution in [0, 0.1) is 5.92 Å². The first-order valence-corrected chi connectivity index (χ1v) is 7.24. The smallest absolute Gasteiger partial charge is 0.253 e. The van der Waals surface area contributed by atoms with Gasteiger partial charge in [0.1, 0.15) is 5.65 Å². The normalized spacial score (nSPS) is 14.0. The summed E-state index contributed by atoms with van der Waals surface area (Å²) in [6, 6.07) is 1.77. The maximum absolute atomic E-state index is 12.1. The highest BCUT2D eigenvalue weighted by molar-refractivity contribution is 6.07. The maximum atomic E-state index is 12.1. The maximum Gasteiger partial charge on any atom is 0.253 e. The summed E-state index contributed by atoms with van der Waals surface area (Å²) in [7, 11) is 1.58. The fourth-order valence-corrected chi connectivity index (χ4v) is 2.21. The van der Waals surface area contributed by atoms with Crippen LogP contribution in [0.25, 0.3) is 11.0 Å². The number of amides is 2. The molecule has 2 amide bonds. The van der Waals surface area contributed by atoms with Crippen LogP contribution in [0.5, 0.6) is 0 Å². The molecule has 0 aliphatic heterocycles. The van der Waals surface area contributed by atoms with Gasteiger partial charge in [0.25, 0.3) is 5.91 Å². The first-order chi connectivity index (χ1) is 10.7. The van der Waals surface area contributed by atoms with Crippen LogP contribution in [0.1, 0.15) is 23.2 Å². The zero-order chi connectivity index (χ0) is 15.5. The van der Waals surface area contributed by atoms with E-state index in [0.717, 1.165) is 12.8 Å². The van der Waals surface area contributed by atoms with Crippen LogP contribution in [-0.4, -0.2) is 42.0 Å². The van der Waals surface area contributed by atoms with Crippen LogP contribution in [0.3, 0.4) is 0 Å². The number of nitrogens with one attached hydrogen (secondary N) is 3. The number of fused-ring (bicyclic) bond motifs is 1. The Hall–Kier alpha value is -2.41. The molecule has 1 fully saturated rings. The van der Waals surface area contributed by atoms with E-state index in [4.69, 9.17) is 4.74 Å². The van der Waals surface area contributed by atoms with Crippen molar-refractivity contribution >= 4 is 28.5 Å². The van der Waals surface area contributed by atoms with E-state index >= 15 is 0 Å². The second-order valence-electron chi connectivity index (χ2n) is 5.33. The molecule has 0 saturated heterocycles. The number of rotatable bonds is 6. The molecule has 7 nitrogen and oxygen atoms in total. The molecule has 1 aliphatic rings. The topological polar surface area (TPSA) is 96.1 Å². The monoisotopic (exact) mass is 302 g/mol. The zero-order valence-electron chi connectivity index (χ0n) is 12.3. The van der Waals surface area contributed by atoms with Crippen LogP contribution in [0.4, 0.5) is 5.69 Å². The molecule has 1 aliphatic carbocycles. The van der Waals surface area contributed by atoms with Crippen molar-refractivity contribution in [1.82, 2.24) is 15.3 Å². The van der Waals surface area contributed by atoms with E-state index in [9.17, 15) is 9.59 Å². The molecule has 2 aromatic rings. The Bertz CT molecular complexity index is 706. The number of carbonyl (C=O) groups excluding carboxylic acids is 2. The van der Waals surface area contributed by atoms with Crippen molar-refractivity contribution < 1.29 is 14.3 Å². The summed E-state index contributed by atoms with van der Waals surface area (Å²) in [6.07, 6.45) is 5.09. The molecule has 22 heavy (non-hydrogen) atoms. The molecule has 116 valence electrons. The number of pyridine rings is 1. The van der Waals surface area contributed by atoms with E-state index in [1.54, 1.807) is 25.6 Å². The Kier molecular flexibility index (Phi) is 4.06. The van der Waals surface area contributed by atoms with E-state index < -0.39 is 0 Å². The second kappa shape index (κ2) is 6.15. The number of methoxy groups -OCH3 is 1. The number of nitrogens with zero attached hydrogens (tertiary/aromatic N) is 1. The first-order valence-electron chi connectivity index (χ1n) is 7.24. The van der Waals surface area contributed by atoms with Crippen LogP contribution in [0.2, 0.25) is 0 Å². The summed E-state index contributed by atoms with van der Waals surface area (Å²) in [5, 5.41) is 6.29. The van der Waals surface area contributed by atoms with Crippen molar-refractivity contribution in [1.29, 1.82) is 0 Å². The Morgan fingerprint density at radius 3 is 3.00 bits per heavy atom. The Labute approximate surface area is 127 Å². The summed E-state index contributed by atoms with van der Waals surface area (Å²) < 4.78 is 4.91. The number of ether oxygens (including phenoxy) is 1. The number of carbonyl (C=O) groups is 2. The Balaban J connectivity index is 1.78. The van der Waals surface area contributed by atoms with Gasteiger partial charge in [-0.2, -0.15) is 0 Å². The minimum Gasteiger partial charge on any atom is -0.383 e. The lowest BCUT2D eigenvalue weighted by atomic mass is 10.2. The van der Waals surface area contributed by atoms with Gasteiger partial charge in [0.15, 0.2) is 0 Å². The zero-order valence-corrected chi connectivity index (χ0v) is 12.3. The molecule has 2 aromatic heterocycles. The van der Waals surface area contributed by atoms with Gasteiger partial charge in [-0.3, -0.25) is 9.59 Å². The highest BCUT2D eigenvalue weighted by atomic mass is 16.5. The minimum atomic E-state index is -0.198. The van der Waals surface area contributed by atoms with Crippen molar-refractivity contribution in [2.24, 2.45) is 5.92 Å². The van der Waals surface area contributed by atoms with Gasteiger partial charge >= 0.3 is 0 Å². The second-order valence-corrected chi connectivity index (χ2v) is 5.33. The van der Waals surface area contributed by atoms with Gasteiger partial charge < -0.3 is 20.4 Å². The lowest BCUT2D eigenvalue weighted by Crippen LogP contribution is -2.26. The SMILES string of the molecule is COCCNC(=O)c1c[nH]c2ncc(NC(=O)C3CC3)cc12. The molecule has 2 heterocycles. The number of aromatic amines is 1. The van der Waals surface area contributed by atoms with E-state index in [0.29, 0.717) is 35.4 Å². The summed E-state index contributed by atoms with van der Waals surface area (Å²) in [6.45, 7) is 0.891. The van der Waals surface area contributed by atoms with Crippen LogP contribution in [0.15, 0.2) is 18.5 Å². The summed E-state index contributed by atoms with van der Waals surface area (Å²) in [5.41, 5.74) is 1.72. The Morgan fingerprint density at radius 1 is 1.45 bits per heavy atom. The van der Waals surface area contributed by atoms with E-state index in [1.807, 2.05) is 0 Å². The van der Waals surface area contributed by atoms with Crippen LogP contribution >= 0.6 is 0 Å². The van der Waals surface area contributed by atoms with Gasteiger partial charge in [0.2, 0.25) is 5.91 Å². The standard InChI is InChI=1S/C15H18N4O3/c1-22-5-4-16-15(21)12-8-18-13-11(12)6-10(7-17-13)19-14(20)9-2-3-9/h6-9H,2-5H2,1H3,(H,16,21)(H,17,18)(H,19,20). The lowest BCUT2D eigenvalue weighted by Gasteiger charge is -2.05. The van der Waals surface area contributed by atoms with E-state index in [-0.39, 0.29) is 17.7 Å². The van der Waals surface area contributed by atoms with Gasteiger partial charge in [0, 0.05) is 31.2 Å². The van der Waals surface area contributed by atoms with E-state index in [1.165, 1.54) is 0 Å². The third-order valence-corrected chi connectivity index (χ3v) is 3.58. The Morgan fingerprint density at radius 2 is 2.27 bits per heavy atom. The molecular weight excluding hydrogens is 284 g/mol. The molecule has 1 saturated carbocycles. The molecule has 0 bridgehead atoms. The van der Waals surface area contributed by atoms with Gasteiger partial charge in [-0.05, 0) is 18.9 Å². The molecule has 0 spiro atoms. The van der Waals surface area contributed by atoms with Crippen molar-refractivity contribution in [3.63, 3.8) is 0 Å². The molecule has 0 radical (unpaired) electrons. The van der Waals surface area contributed by atoms with Crippen LogP contribution in [-0.2, 0) is 9.53 Å². The molecule has 0 aromatic carbocycles. The molecule has 3 rings (SSSR count). The number of hydrogen-bond donors (Lipinski definition) is 3. The quantitative estimate of drug-likeness (QED) is 0.701. The van der Waals surface area contributed by atoms with Gasteiger partial charge in [-0.15, -0.1) is 0 Å². The van der Waals surface area contributed by atoms with E-state index in [2.05, 4.69) is 20.6 Å². The number of aromatic nitrogens is 2. The summed E-state index contributed by atoms with van der Waals surface area (Å²) in [4.78, 5) is 31.1. The van der Waals surface area contributed by atoms with Gasteiger partial charge in [-0.1, -0.05) is 0 Å². The highest BCUT2D eigenvalue weighted by Gasteiger charge is 2.29. The van der Waals surface area contributed by atoms with Crippen molar-refractivity contribution in [2.75, 3.05) is 25.6 Å². The molecular formula is C15H18N4O3. The van der Waals surface area contributed by atoms with Gasteiger partial charge in [-0.25, -0.2) is 4.98 Å². The van der Waals surface area contributed by atoms with Crippen LogP contribution < -0.4 is 10.6 Å². The van der Waals surface area contributed by atoms with Crippen molar-refractivity contribution in [3.8, 4) is 0 Å². The number of H-pyrrole nitrogens is 1. The number of hydrogen-bond acceptors (Lipinski definition) is 4. The average molecular weight is 302 g/mol. The highest BCUT2D eigenvalue weighted by Crippen LogP contribution is 2.30. The van der Waals surface area contributed by atoms with Gasteiger partial charge in [0.05, 0.1) is 24.1 Å². The minimum absolute atomic E-state index is 0.0165. The summed E-state index contributed by atoms with van der Waals surface area (Å²) >= 11 is 0. The molecule has 7 heteroatoms. The molecule has 0 unspecified atom stereocenters. The predicted octanol–water partition coefficient (Wildman–Crippen LogP) is 1.29. The molecule has 3 N–H and O–H groups in total. The largest absolute Gasteiger partial charge is 0.383 e. The fourth-order valence-electron chi connectivity index (χ4n) is 2.21. The fraction of sp³-hybridized carbons (Fsp3) is 0.400. The average Bonchev–Trinajstić information content (AvgIpc) is 3.28. The predicted molar refractivity (Wildman–Crippen MR) is 81.7 cm³/mol. The summed E-state index contributed by atoms with van der Waals surface area (Å²) in [5.74, 6) is -0.0581. The lowest BCUT2D eigenvalue weighted by molar-refractivity contribution is -0.117. The molecule has 0 atom stereocenters. The van der Waals surface area contributed by atoms with Crippen molar-refractivity contribution in [2.45, 2.75) is 12.8 Å². The number of anilines is 1.